The number of halogens is 2. The summed E-state index contributed by atoms with van der Waals surface area (Å²) < 4.78 is 13.8. The monoisotopic (exact) mass is 606 g/mol. The van der Waals surface area contributed by atoms with E-state index in [1.165, 1.54) is 23.5 Å². The standard InChI is InChI=1S/C30H30ClFN7O2S/c1-18-25(35-28(29-34-10-13-42-29)36-27(18)23-8-5-20(32)14-24(23)31)17-37-11-12-38-22(15-37)16-39(30(38)41)21-6-2-19(3-7-21)4-9-26(33)40/h2-3,5-8,10,13-14,22,27H,1,4,9,11-12,15-17H2,(H2,33,40)(H,35,36)/t22-,27+/m0/s1. The summed E-state index contributed by atoms with van der Waals surface area (Å²) in [6.45, 7) is 7.52. The van der Waals surface area contributed by atoms with Gasteiger partial charge in [-0.2, -0.15) is 0 Å². The number of aryl methyl sites for hydroxylation is 1. The molecule has 217 valence electrons. The highest BCUT2D eigenvalue weighted by molar-refractivity contribution is 7.11. The van der Waals surface area contributed by atoms with Crippen LogP contribution in [0.5, 0.6) is 0 Å². The van der Waals surface area contributed by atoms with Gasteiger partial charge in [0.15, 0.2) is 10.8 Å². The zero-order valence-electron chi connectivity index (χ0n) is 22.8. The molecule has 2 saturated heterocycles. The summed E-state index contributed by atoms with van der Waals surface area (Å²) in [4.78, 5) is 39.8. The number of urea groups is 1. The molecule has 0 unspecified atom stereocenters. The number of amidine groups is 1. The van der Waals surface area contributed by atoms with Crippen LogP contribution in [0.4, 0.5) is 14.9 Å². The largest absolute Gasteiger partial charge is 0.370 e. The maximum absolute atomic E-state index is 13.8. The SMILES string of the molecule is [CH2]C1=C(CN2CCN3C(=O)N(c4ccc(CCC(N)=O)cc4)C[C@@H]3C2)NC(c2nccs2)=N[C@H]1c1ccc(F)cc1Cl. The summed E-state index contributed by atoms with van der Waals surface area (Å²) in [5.74, 6) is -0.117. The number of piperazine rings is 1. The van der Waals surface area contributed by atoms with Crippen LogP contribution in [-0.2, 0) is 11.2 Å². The fourth-order valence-corrected chi connectivity index (χ4v) is 6.52. The Balaban J connectivity index is 1.18. The molecule has 6 rings (SSSR count). The maximum Gasteiger partial charge on any atom is 0.324 e. The molecule has 3 aliphatic rings. The predicted molar refractivity (Wildman–Crippen MR) is 162 cm³/mol. The van der Waals surface area contributed by atoms with Crippen molar-refractivity contribution in [3.05, 3.63) is 99.2 Å². The van der Waals surface area contributed by atoms with Crippen molar-refractivity contribution in [3.8, 4) is 0 Å². The fourth-order valence-electron chi connectivity index (χ4n) is 5.66. The molecule has 12 heteroatoms. The van der Waals surface area contributed by atoms with E-state index in [-0.39, 0.29) is 18.0 Å². The van der Waals surface area contributed by atoms with Gasteiger partial charge < -0.3 is 16.0 Å². The number of aromatic nitrogens is 1. The molecular formula is C30H30ClFN7O2S. The first-order valence-electron chi connectivity index (χ1n) is 13.7. The Bertz CT molecular complexity index is 1560. The Morgan fingerprint density at radius 2 is 2.00 bits per heavy atom. The van der Waals surface area contributed by atoms with Crippen molar-refractivity contribution in [1.82, 2.24) is 20.1 Å². The lowest BCUT2D eigenvalue weighted by molar-refractivity contribution is -0.117. The molecule has 2 atom stereocenters. The van der Waals surface area contributed by atoms with Gasteiger partial charge in [-0.1, -0.05) is 29.8 Å². The van der Waals surface area contributed by atoms with Gasteiger partial charge in [0.25, 0.3) is 0 Å². The van der Waals surface area contributed by atoms with E-state index < -0.39 is 11.9 Å². The topological polar surface area (TPSA) is 107 Å². The molecule has 1 aromatic heterocycles. The van der Waals surface area contributed by atoms with Crippen LogP contribution in [0.3, 0.4) is 0 Å². The van der Waals surface area contributed by atoms with Gasteiger partial charge in [-0.25, -0.2) is 14.2 Å². The van der Waals surface area contributed by atoms with Gasteiger partial charge in [0.2, 0.25) is 5.91 Å². The van der Waals surface area contributed by atoms with Crippen molar-refractivity contribution >= 4 is 46.4 Å². The van der Waals surface area contributed by atoms with Crippen molar-refractivity contribution in [1.29, 1.82) is 0 Å². The first-order chi connectivity index (χ1) is 20.3. The van der Waals surface area contributed by atoms with Crippen molar-refractivity contribution in [2.24, 2.45) is 10.7 Å². The van der Waals surface area contributed by atoms with Crippen molar-refractivity contribution in [2.45, 2.75) is 24.9 Å². The van der Waals surface area contributed by atoms with Gasteiger partial charge in [0.05, 0.1) is 6.04 Å². The fraction of sp³-hybridized carbons (Fsp3) is 0.300. The highest BCUT2D eigenvalue weighted by Gasteiger charge is 2.41. The van der Waals surface area contributed by atoms with Gasteiger partial charge >= 0.3 is 6.03 Å². The lowest BCUT2D eigenvalue weighted by Gasteiger charge is -2.38. The molecule has 0 bridgehead atoms. The lowest BCUT2D eigenvalue weighted by Crippen LogP contribution is -2.53. The van der Waals surface area contributed by atoms with E-state index in [9.17, 15) is 14.0 Å². The molecule has 0 spiro atoms. The van der Waals surface area contributed by atoms with E-state index in [4.69, 9.17) is 22.3 Å². The molecule has 3 aromatic rings. The number of thiazole rings is 1. The number of amides is 3. The summed E-state index contributed by atoms with van der Waals surface area (Å²) in [7, 11) is 0. The second-order valence-electron chi connectivity index (χ2n) is 10.6. The van der Waals surface area contributed by atoms with E-state index in [1.54, 1.807) is 12.3 Å². The lowest BCUT2D eigenvalue weighted by atomic mass is 9.96. The van der Waals surface area contributed by atoms with Crippen molar-refractivity contribution in [2.75, 3.05) is 37.6 Å². The summed E-state index contributed by atoms with van der Waals surface area (Å²) in [6, 6.07) is 11.6. The number of rotatable bonds is 8. The Morgan fingerprint density at radius 3 is 2.71 bits per heavy atom. The van der Waals surface area contributed by atoms with Gasteiger partial charge in [0.1, 0.15) is 11.9 Å². The number of fused-ring (bicyclic) bond motifs is 1. The summed E-state index contributed by atoms with van der Waals surface area (Å²) in [6.07, 6.45) is 2.60. The maximum atomic E-state index is 13.8. The number of primary amides is 1. The normalized spacial score (nSPS) is 20.9. The molecule has 0 saturated carbocycles. The first-order valence-corrected chi connectivity index (χ1v) is 14.9. The molecular weight excluding hydrogens is 577 g/mol. The number of carbonyl (C=O) groups is 2. The number of aliphatic imine (C=N–C) groups is 1. The van der Waals surface area contributed by atoms with Gasteiger partial charge in [0, 0.05) is 67.1 Å². The van der Waals surface area contributed by atoms with Gasteiger partial charge in [-0.05, 0) is 54.3 Å². The highest BCUT2D eigenvalue weighted by atomic mass is 35.5. The van der Waals surface area contributed by atoms with Crippen LogP contribution in [0.2, 0.25) is 5.02 Å². The zero-order valence-corrected chi connectivity index (χ0v) is 24.4. The number of hydrogen-bond donors (Lipinski definition) is 2. The number of nitrogens with two attached hydrogens (primary N) is 1. The minimum atomic E-state index is -0.482. The first kappa shape index (κ1) is 28.3. The Morgan fingerprint density at radius 1 is 1.19 bits per heavy atom. The molecule has 2 fully saturated rings. The Labute approximate surface area is 252 Å². The number of hydrogen-bond acceptors (Lipinski definition) is 7. The van der Waals surface area contributed by atoms with Crippen LogP contribution in [0.25, 0.3) is 0 Å². The average molecular weight is 607 g/mol. The predicted octanol–water partition coefficient (Wildman–Crippen LogP) is 4.16. The number of carbonyl (C=O) groups excluding carboxylic acids is 2. The van der Waals surface area contributed by atoms with Gasteiger partial charge in [-0.15, -0.1) is 11.3 Å². The number of nitrogens with one attached hydrogen (secondary N) is 1. The van der Waals surface area contributed by atoms with Crippen LogP contribution < -0.4 is 16.0 Å². The number of benzene rings is 2. The zero-order chi connectivity index (χ0) is 29.4. The molecule has 2 aromatic carbocycles. The van der Waals surface area contributed by atoms with Crippen molar-refractivity contribution < 1.29 is 14.0 Å². The summed E-state index contributed by atoms with van der Waals surface area (Å²) >= 11 is 7.93. The van der Waals surface area contributed by atoms with E-state index in [0.717, 1.165) is 27.5 Å². The Hall–Kier alpha value is -3.80. The molecule has 1 radical (unpaired) electrons. The quantitative estimate of drug-likeness (QED) is 0.401. The summed E-state index contributed by atoms with van der Waals surface area (Å²) in [5.41, 5.74) is 9.44. The highest BCUT2D eigenvalue weighted by Crippen LogP contribution is 2.36. The third kappa shape index (κ3) is 5.77. The molecule has 9 nitrogen and oxygen atoms in total. The van der Waals surface area contributed by atoms with E-state index in [1.807, 2.05) is 39.4 Å². The van der Waals surface area contributed by atoms with Crippen LogP contribution in [0, 0.1) is 12.7 Å². The van der Waals surface area contributed by atoms with Crippen LogP contribution >= 0.6 is 22.9 Å². The molecule has 0 aliphatic carbocycles. The number of anilines is 1. The van der Waals surface area contributed by atoms with Crippen LogP contribution in [-0.4, -0.2) is 71.3 Å². The molecule has 3 amide bonds. The third-order valence-electron chi connectivity index (χ3n) is 7.86. The molecule has 3 N–H and O–H groups in total. The van der Waals surface area contributed by atoms with E-state index in [2.05, 4.69) is 22.1 Å². The van der Waals surface area contributed by atoms with Crippen molar-refractivity contribution in [3.63, 3.8) is 0 Å². The minimum absolute atomic E-state index is 0.00148. The summed E-state index contributed by atoms with van der Waals surface area (Å²) in [5, 5.41) is 6.37. The van der Waals surface area contributed by atoms with Crippen LogP contribution in [0.1, 0.15) is 28.6 Å². The number of nitrogens with zero attached hydrogens (tertiary/aromatic N) is 5. The van der Waals surface area contributed by atoms with Crippen LogP contribution in [0.15, 0.2) is 70.3 Å². The average Bonchev–Trinajstić information content (AvgIpc) is 3.62. The molecule has 4 heterocycles. The molecule has 42 heavy (non-hydrogen) atoms. The van der Waals surface area contributed by atoms with E-state index >= 15 is 0 Å². The van der Waals surface area contributed by atoms with Gasteiger partial charge in [-0.3, -0.25) is 19.6 Å². The third-order valence-corrected chi connectivity index (χ3v) is 8.97. The smallest absolute Gasteiger partial charge is 0.324 e. The minimum Gasteiger partial charge on any atom is -0.370 e. The molecule has 3 aliphatic heterocycles. The van der Waals surface area contributed by atoms with E-state index in [0.29, 0.717) is 62.0 Å². The Kier molecular flexibility index (Phi) is 7.98. The second kappa shape index (κ2) is 11.8. The second-order valence-corrected chi connectivity index (χ2v) is 11.9.